The second-order valence-electron chi connectivity index (χ2n) is 7.54. The molecule has 35 heavy (non-hydrogen) atoms. The first-order valence-electron chi connectivity index (χ1n) is 11.3. The molecule has 0 fully saturated rings. The standard InChI is InChI=1S/C25H25ClN4O4S/c1-3-8-21-29-30-23(27)18(24(31)28-25(30)35-21)13-16-14-19(26)22(20(15-16)32-4-2)34-12-11-33-17-9-6-5-7-10-17/h5-7,9-10,13-15,27H,3-4,8,11-12H2,1-2H3/b18-13-,27-23?. The fourth-order valence-corrected chi connectivity index (χ4v) is 4.67. The Balaban J connectivity index is 1.52. The first kappa shape index (κ1) is 24.8. The van der Waals surface area contributed by atoms with E-state index in [9.17, 15) is 4.79 Å². The van der Waals surface area contributed by atoms with Crippen LogP contribution in [0.2, 0.25) is 5.02 Å². The van der Waals surface area contributed by atoms with Gasteiger partial charge in [-0.2, -0.15) is 15.1 Å². The van der Waals surface area contributed by atoms with Crippen molar-refractivity contribution in [2.45, 2.75) is 26.7 Å². The number of carbonyl (C=O) groups excluding carboxylic acids is 1. The summed E-state index contributed by atoms with van der Waals surface area (Å²) in [5.74, 6) is 1.07. The van der Waals surface area contributed by atoms with E-state index >= 15 is 0 Å². The predicted molar refractivity (Wildman–Crippen MR) is 140 cm³/mol. The van der Waals surface area contributed by atoms with Crippen LogP contribution in [0.5, 0.6) is 17.2 Å². The average molecular weight is 513 g/mol. The second-order valence-corrected chi connectivity index (χ2v) is 8.98. The van der Waals surface area contributed by atoms with Crippen molar-refractivity contribution < 1.29 is 19.0 Å². The molecule has 0 unspecified atom stereocenters. The summed E-state index contributed by atoms with van der Waals surface area (Å²) in [5.41, 5.74) is 0.710. The van der Waals surface area contributed by atoms with Crippen LogP contribution in [0.4, 0.5) is 0 Å². The zero-order valence-electron chi connectivity index (χ0n) is 19.4. The summed E-state index contributed by atoms with van der Waals surface area (Å²) in [6, 6.07) is 12.8. The zero-order chi connectivity index (χ0) is 24.8. The van der Waals surface area contributed by atoms with Crippen molar-refractivity contribution in [3.05, 3.63) is 58.6 Å². The number of thioether (sulfide) groups is 1. The number of ether oxygens (including phenoxy) is 3. The molecule has 1 N–H and O–H groups in total. The van der Waals surface area contributed by atoms with Gasteiger partial charge in [0.15, 0.2) is 17.3 Å². The van der Waals surface area contributed by atoms with E-state index in [1.165, 1.54) is 16.8 Å². The number of rotatable bonds is 10. The number of hydrazone groups is 1. The molecule has 0 spiro atoms. The molecule has 2 heterocycles. The van der Waals surface area contributed by atoms with Crippen LogP contribution in [0, 0.1) is 5.41 Å². The highest BCUT2D eigenvalue weighted by Gasteiger charge is 2.35. The van der Waals surface area contributed by atoms with E-state index in [1.807, 2.05) is 44.2 Å². The number of benzene rings is 2. The van der Waals surface area contributed by atoms with Gasteiger partial charge in [-0.05, 0) is 67.4 Å². The van der Waals surface area contributed by atoms with Crippen LogP contribution in [-0.2, 0) is 4.79 Å². The first-order valence-corrected chi connectivity index (χ1v) is 12.5. The van der Waals surface area contributed by atoms with E-state index < -0.39 is 5.91 Å². The summed E-state index contributed by atoms with van der Waals surface area (Å²) in [4.78, 5) is 16.8. The van der Waals surface area contributed by atoms with Crippen molar-refractivity contribution >= 4 is 51.4 Å². The Morgan fingerprint density at radius 3 is 2.63 bits per heavy atom. The average Bonchev–Trinajstić information content (AvgIpc) is 3.24. The number of hydrogen-bond donors (Lipinski definition) is 1. The Kier molecular flexibility index (Phi) is 8.09. The maximum absolute atomic E-state index is 12.7. The van der Waals surface area contributed by atoms with Crippen LogP contribution in [0.15, 0.2) is 58.1 Å². The van der Waals surface area contributed by atoms with Crippen LogP contribution in [0.25, 0.3) is 6.08 Å². The molecule has 0 aromatic heterocycles. The number of halogens is 1. The molecule has 0 bridgehead atoms. The second kappa shape index (κ2) is 11.4. The van der Waals surface area contributed by atoms with Crippen LogP contribution >= 0.6 is 23.4 Å². The fourth-order valence-electron chi connectivity index (χ4n) is 3.41. The Morgan fingerprint density at radius 2 is 1.89 bits per heavy atom. The molecule has 8 nitrogen and oxygen atoms in total. The van der Waals surface area contributed by atoms with Gasteiger partial charge in [0.1, 0.15) is 24.0 Å². The molecule has 2 aliphatic rings. The number of amides is 1. The summed E-state index contributed by atoms with van der Waals surface area (Å²) in [5, 5.41) is 15.9. The monoisotopic (exact) mass is 512 g/mol. The Labute approximate surface area is 213 Å². The molecule has 182 valence electrons. The molecule has 2 aliphatic heterocycles. The molecule has 0 saturated carbocycles. The van der Waals surface area contributed by atoms with Gasteiger partial charge >= 0.3 is 0 Å². The minimum Gasteiger partial charge on any atom is -0.490 e. The van der Waals surface area contributed by atoms with Gasteiger partial charge in [0.2, 0.25) is 5.17 Å². The van der Waals surface area contributed by atoms with Gasteiger partial charge in [0.25, 0.3) is 5.91 Å². The third kappa shape index (κ3) is 5.86. The van der Waals surface area contributed by atoms with Crippen LogP contribution in [-0.4, -0.2) is 46.8 Å². The number of aliphatic imine (C=N–C) groups is 1. The summed E-state index contributed by atoms with van der Waals surface area (Å²) in [6.07, 6.45) is 3.26. The Morgan fingerprint density at radius 1 is 1.11 bits per heavy atom. The highest BCUT2D eigenvalue weighted by molar-refractivity contribution is 8.26. The van der Waals surface area contributed by atoms with E-state index in [2.05, 4.69) is 10.1 Å². The van der Waals surface area contributed by atoms with Crippen LogP contribution in [0.1, 0.15) is 32.3 Å². The van der Waals surface area contributed by atoms with E-state index in [0.717, 1.165) is 23.6 Å². The van der Waals surface area contributed by atoms with Crippen LogP contribution in [0.3, 0.4) is 0 Å². The summed E-state index contributed by atoms with van der Waals surface area (Å²) in [7, 11) is 0. The topological polar surface area (TPSA) is 96.6 Å². The minimum atomic E-state index is -0.492. The van der Waals surface area contributed by atoms with Gasteiger partial charge in [-0.1, -0.05) is 36.7 Å². The number of nitrogens with one attached hydrogen (secondary N) is 1. The zero-order valence-corrected chi connectivity index (χ0v) is 21.0. The highest BCUT2D eigenvalue weighted by atomic mass is 35.5. The third-order valence-corrected chi connectivity index (χ3v) is 6.19. The molecule has 0 saturated heterocycles. The Hall–Kier alpha value is -3.30. The lowest BCUT2D eigenvalue weighted by Crippen LogP contribution is -2.35. The molecular formula is C25H25ClN4O4S. The van der Waals surface area contributed by atoms with Crippen LogP contribution < -0.4 is 14.2 Å². The van der Waals surface area contributed by atoms with Crippen molar-refractivity contribution in [3.8, 4) is 17.2 Å². The van der Waals surface area contributed by atoms with Gasteiger partial charge in [0, 0.05) is 0 Å². The number of carbonyl (C=O) groups is 1. The highest BCUT2D eigenvalue weighted by Crippen LogP contribution is 2.38. The van der Waals surface area contributed by atoms with E-state index in [4.69, 9.17) is 31.2 Å². The summed E-state index contributed by atoms with van der Waals surface area (Å²) < 4.78 is 17.3. The van der Waals surface area contributed by atoms with Crippen molar-refractivity contribution in [1.29, 1.82) is 5.41 Å². The molecule has 0 aliphatic carbocycles. The lowest BCUT2D eigenvalue weighted by Gasteiger charge is -2.20. The number of amidine groups is 2. The number of fused-ring (bicyclic) bond motifs is 1. The molecule has 0 radical (unpaired) electrons. The lowest BCUT2D eigenvalue weighted by atomic mass is 10.1. The number of hydrogen-bond acceptors (Lipinski definition) is 7. The predicted octanol–water partition coefficient (Wildman–Crippen LogP) is 5.62. The SMILES string of the molecule is CCCC1=NN2C(=N)/C(=C/c3cc(Cl)c(OCCOc4ccccc4)c(OCC)c3)C(=O)N=C2S1. The van der Waals surface area contributed by atoms with Crippen molar-refractivity contribution in [2.75, 3.05) is 19.8 Å². The Bertz CT molecular complexity index is 1210. The maximum atomic E-state index is 12.7. The number of nitrogens with zero attached hydrogens (tertiary/aromatic N) is 3. The molecular weight excluding hydrogens is 488 g/mol. The lowest BCUT2D eigenvalue weighted by molar-refractivity contribution is -0.114. The van der Waals surface area contributed by atoms with Gasteiger partial charge in [-0.25, -0.2) is 0 Å². The first-order chi connectivity index (χ1) is 17.0. The van der Waals surface area contributed by atoms with Gasteiger partial charge in [0.05, 0.1) is 17.2 Å². The summed E-state index contributed by atoms with van der Waals surface area (Å²) >= 11 is 7.85. The van der Waals surface area contributed by atoms with Crippen molar-refractivity contribution in [1.82, 2.24) is 5.01 Å². The van der Waals surface area contributed by atoms with Crippen molar-refractivity contribution in [3.63, 3.8) is 0 Å². The molecule has 2 aromatic carbocycles. The smallest absolute Gasteiger partial charge is 0.283 e. The van der Waals surface area contributed by atoms with E-state index in [1.54, 1.807) is 18.2 Å². The number of para-hydroxylation sites is 1. The van der Waals surface area contributed by atoms with Gasteiger partial charge < -0.3 is 14.2 Å². The molecule has 4 rings (SSSR count). The minimum absolute atomic E-state index is 0.0222. The van der Waals surface area contributed by atoms with Gasteiger partial charge in [-0.3, -0.25) is 10.2 Å². The van der Waals surface area contributed by atoms with E-state index in [-0.39, 0.29) is 18.0 Å². The van der Waals surface area contributed by atoms with Gasteiger partial charge in [-0.15, -0.1) is 0 Å². The molecule has 2 aromatic rings. The molecule has 0 atom stereocenters. The quantitative estimate of drug-likeness (QED) is 0.328. The van der Waals surface area contributed by atoms with E-state index in [0.29, 0.717) is 40.5 Å². The largest absolute Gasteiger partial charge is 0.490 e. The maximum Gasteiger partial charge on any atom is 0.283 e. The van der Waals surface area contributed by atoms with Crippen molar-refractivity contribution in [2.24, 2.45) is 10.1 Å². The normalized spacial score (nSPS) is 16.2. The molecule has 1 amide bonds. The summed E-state index contributed by atoms with van der Waals surface area (Å²) in [6.45, 7) is 4.90. The molecule has 10 heteroatoms. The fraction of sp³-hybridized carbons (Fsp3) is 0.280. The third-order valence-electron chi connectivity index (χ3n) is 4.94.